The molecule has 3 heteroatoms. The van der Waals surface area contributed by atoms with E-state index in [1.54, 1.807) is 6.08 Å². The van der Waals surface area contributed by atoms with Gasteiger partial charge in [0.2, 0.25) is 0 Å². The van der Waals surface area contributed by atoms with Gasteiger partial charge in [-0.3, -0.25) is 0 Å². The SMILES string of the molecule is COC(=O)/C=C/c1ccc(OCCCc2ccccc2)cc1. The molecule has 0 radical (unpaired) electrons. The van der Waals surface area contributed by atoms with Crippen LogP contribution in [0.5, 0.6) is 5.75 Å². The molecule has 0 aliphatic carbocycles. The van der Waals surface area contributed by atoms with E-state index in [-0.39, 0.29) is 5.97 Å². The van der Waals surface area contributed by atoms with Gasteiger partial charge in [0.25, 0.3) is 0 Å². The van der Waals surface area contributed by atoms with E-state index in [1.807, 2.05) is 30.3 Å². The van der Waals surface area contributed by atoms with Crippen LogP contribution in [0.4, 0.5) is 0 Å². The first kappa shape index (κ1) is 15.8. The number of esters is 1. The van der Waals surface area contributed by atoms with Crippen molar-refractivity contribution in [1.29, 1.82) is 0 Å². The van der Waals surface area contributed by atoms with Crippen molar-refractivity contribution in [1.82, 2.24) is 0 Å². The van der Waals surface area contributed by atoms with E-state index in [2.05, 4.69) is 29.0 Å². The summed E-state index contributed by atoms with van der Waals surface area (Å²) in [5.74, 6) is 0.476. The second-order valence-corrected chi connectivity index (χ2v) is 4.86. The zero-order valence-corrected chi connectivity index (χ0v) is 12.7. The average molecular weight is 296 g/mol. The molecule has 0 saturated carbocycles. The quantitative estimate of drug-likeness (QED) is 0.442. The van der Waals surface area contributed by atoms with Crippen molar-refractivity contribution in [3.63, 3.8) is 0 Å². The largest absolute Gasteiger partial charge is 0.494 e. The van der Waals surface area contributed by atoms with E-state index in [1.165, 1.54) is 18.7 Å². The molecule has 22 heavy (non-hydrogen) atoms. The summed E-state index contributed by atoms with van der Waals surface area (Å²) in [6.07, 6.45) is 5.11. The molecule has 0 aliphatic heterocycles. The Bertz CT molecular complexity index is 600. The van der Waals surface area contributed by atoms with Crippen LogP contribution in [0.1, 0.15) is 17.5 Å². The summed E-state index contributed by atoms with van der Waals surface area (Å²) in [5.41, 5.74) is 2.26. The Morgan fingerprint density at radius 3 is 2.45 bits per heavy atom. The van der Waals surface area contributed by atoms with Crippen LogP contribution in [0.15, 0.2) is 60.7 Å². The van der Waals surface area contributed by atoms with E-state index < -0.39 is 0 Å². The van der Waals surface area contributed by atoms with Crippen LogP contribution in [-0.4, -0.2) is 19.7 Å². The normalized spacial score (nSPS) is 10.6. The van der Waals surface area contributed by atoms with Crippen LogP contribution in [0.3, 0.4) is 0 Å². The molecule has 0 bridgehead atoms. The monoisotopic (exact) mass is 296 g/mol. The van der Waals surface area contributed by atoms with Crippen molar-refractivity contribution in [3.05, 3.63) is 71.8 Å². The molecule has 0 heterocycles. The van der Waals surface area contributed by atoms with Gasteiger partial charge in [-0.2, -0.15) is 0 Å². The molecule has 2 rings (SSSR count). The number of carbonyl (C=O) groups excluding carboxylic acids is 1. The van der Waals surface area contributed by atoms with Gasteiger partial charge in [-0.25, -0.2) is 4.79 Å². The maximum atomic E-state index is 11.0. The fourth-order valence-electron chi connectivity index (χ4n) is 2.02. The molecule has 3 nitrogen and oxygen atoms in total. The minimum absolute atomic E-state index is 0.360. The second kappa shape index (κ2) is 8.67. The molecule has 114 valence electrons. The molecule has 0 atom stereocenters. The number of hydrogen-bond acceptors (Lipinski definition) is 3. The molecule has 0 N–H and O–H groups in total. The minimum Gasteiger partial charge on any atom is -0.494 e. The lowest BCUT2D eigenvalue weighted by Gasteiger charge is -2.06. The molecule has 0 saturated heterocycles. The van der Waals surface area contributed by atoms with Crippen LogP contribution >= 0.6 is 0 Å². The maximum absolute atomic E-state index is 11.0. The third-order valence-electron chi connectivity index (χ3n) is 3.21. The Morgan fingerprint density at radius 1 is 1.05 bits per heavy atom. The highest BCUT2D eigenvalue weighted by Gasteiger charge is 1.96. The predicted octanol–water partition coefficient (Wildman–Crippen LogP) is 3.88. The smallest absolute Gasteiger partial charge is 0.330 e. The summed E-state index contributed by atoms with van der Waals surface area (Å²) < 4.78 is 10.3. The molecule has 0 fully saturated rings. The highest BCUT2D eigenvalue weighted by molar-refractivity contribution is 5.86. The van der Waals surface area contributed by atoms with Gasteiger partial charge in [0.05, 0.1) is 13.7 Å². The number of carbonyl (C=O) groups is 1. The van der Waals surface area contributed by atoms with Crippen LogP contribution in [0, 0.1) is 0 Å². The van der Waals surface area contributed by atoms with E-state index in [0.29, 0.717) is 6.61 Å². The fourth-order valence-corrected chi connectivity index (χ4v) is 2.02. The van der Waals surface area contributed by atoms with Gasteiger partial charge in [-0.15, -0.1) is 0 Å². The Labute approximate surface area is 131 Å². The molecule has 0 aromatic heterocycles. The number of hydrogen-bond donors (Lipinski definition) is 0. The summed E-state index contributed by atoms with van der Waals surface area (Å²) in [6.45, 7) is 0.687. The van der Waals surface area contributed by atoms with Gasteiger partial charge >= 0.3 is 5.97 Å². The van der Waals surface area contributed by atoms with Gasteiger partial charge in [-0.05, 0) is 42.2 Å². The Morgan fingerprint density at radius 2 is 1.77 bits per heavy atom. The summed E-state index contributed by atoms with van der Waals surface area (Å²) >= 11 is 0. The van der Waals surface area contributed by atoms with Crippen molar-refractivity contribution in [2.24, 2.45) is 0 Å². The highest BCUT2D eigenvalue weighted by atomic mass is 16.5. The van der Waals surface area contributed by atoms with Crippen LogP contribution in [-0.2, 0) is 16.0 Å². The summed E-state index contributed by atoms with van der Waals surface area (Å²) in [7, 11) is 1.36. The van der Waals surface area contributed by atoms with E-state index in [9.17, 15) is 4.79 Å². The summed E-state index contributed by atoms with van der Waals surface area (Å²) in [6, 6.07) is 18.0. The lowest BCUT2D eigenvalue weighted by molar-refractivity contribution is -0.134. The first-order valence-corrected chi connectivity index (χ1v) is 7.31. The van der Waals surface area contributed by atoms with Crippen LogP contribution in [0.2, 0.25) is 0 Å². The first-order chi connectivity index (χ1) is 10.8. The second-order valence-electron chi connectivity index (χ2n) is 4.86. The third-order valence-corrected chi connectivity index (χ3v) is 3.21. The zero-order chi connectivity index (χ0) is 15.6. The number of rotatable bonds is 7. The van der Waals surface area contributed by atoms with Crippen molar-refractivity contribution in [2.75, 3.05) is 13.7 Å². The van der Waals surface area contributed by atoms with Crippen LogP contribution in [0.25, 0.3) is 6.08 Å². The van der Waals surface area contributed by atoms with Crippen molar-refractivity contribution in [3.8, 4) is 5.75 Å². The maximum Gasteiger partial charge on any atom is 0.330 e. The molecular formula is C19H20O3. The molecule has 2 aromatic rings. The highest BCUT2D eigenvalue weighted by Crippen LogP contribution is 2.14. The summed E-state index contributed by atoms with van der Waals surface area (Å²) in [5, 5.41) is 0. The molecule has 0 unspecified atom stereocenters. The Hall–Kier alpha value is -2.55. The molecule has 0 aliphatic rings. The lowest BCUT2D eigenvalue weighted by atomic mass is 10.1. The average Bonchev–Trinajstić information content (AvgIpc) is 2.58. The predicted molar refractivity (Wildman–Crippen MR) is 87.8 cm³/mol. The van der Waals surface area contributed by atoms with Crippen molar-refractivity contribution in [2.45, 2.75) is 12.8 Å². The number of aryl methyl sites for hydroxylation is 1. The molecule has 2 aromatic carbocycles. The molecule has 0 spiro atoms. The summed E-state index contributed by atoms with van der Waals surface area (Å²) in [4.78, 5) is 11.0. The van der Waals surface area contributed by atoms with Gasteiger partial charge < -0.3 is 9.47 Å². The third kappa shape index (κ3) is 5.44. The van der Waals surface area contributed by atoms with Crippen LogP contribution < -0.4 is 4.74 Å². The van der Waals surface area contributed by atoms with E-state index in [4.69, 9.17) is 4.74 Å². The topological polar surface area (TPSA) is 35.5 Å². The van der Waals surface area contributed by atoms with E-state index >= 15 is 0 Å². The standard InChI is InChI=1S/C19H20O3/c1-21-19(20)14-11-17-9-12-18(13-10-17)22-15-5-8-16-6-3-2-4-7-16/h2-4,6-7,9-14H,5,8,15H2,1H3/b14-11+. The Kier molecular flexibility index (Phi) is 6.24. The van der Waals surface area contributed by atoms with Gasteiger partial charge in [0.1, 0.15) is 5.75 Å². The number of methoxy groups -OCH3 is 1. The van der Waals surface area contributed by atoms with Crippen molar-refractivity contribution < 1.29 is 14.3 Å². The van der Waals surface area contributed by atoms with Crippen molar-refractivity contribution >= 4 is 12.0 Å². The number of benzene rings is 2. The van der Waals surface area contributed by atoms with E-state index in [0.717, 1.165) is 24.2 Å². The van der Waals surface area contributed by atoms with Gasteiger partial charge in [0.15, 0.2) is 0 Å². The van der Waals surface area contributed by atoms with Gasteiger partial charge in [0, 0.05) is 6.08 Å². The number of ether oxygens (including phenoxy) is 2. The first-order valence-electron chi connectivity index (χ1n) is 7.31. The fraction of sp³-hybridized carbons (Fsp3) is 0.211. The zero-order valence-electron chi connectivity index (χ0n) is 12.7. The lowest BCUT2D eigenvalue weighted by Crippen LogP contribution is -1.99. The molecular weight excluding hydrogens is 276 g/mol. The molecule has 0 amide bonds. The minimum atomic E-state index is -0.360. The Balaban J connectivity index is 1.74. The van der Waals surface area contributed by atoms with Gasteiger partial charge in [-0.1, -0.05) is 42.5 Å².